The lowest BCUT2D eigenvalue weighted by atomic mass is 10.2. The summed E-state index contributed by atoms with van der Waals surface area (Å²) in [5.41, 5.74) is 0.823. The summed E-state index contributed by atoms with van der Waals surface area (Å²) in [7, 11) is 0. The van der Waals surface area contributed by atoms with Gasteiger partial charge in [0.25, 0.3) is 0 Å². The number of aryl methyl sites for hydroxylation is 1. The zero-order chi connectivity index (χ0) is 25.5. The number of carbonyl (C=O) groups excluding carboxylic acids is 2. The van der Waals surface area contributed by atoms with E-state index in [0.717, 1.165) is 40.3 Å². The molecular formula is C27H29F2N3O3S. The van der Waals surface area contributed by atoms with E-state index in [2.05, 4.69) is 5.32 Å². The molecule has 3 amide bonds. The molecule has 190 valence electrons. The second kappa shape index (κ2) is 12.1. The highest BCUT2D eigenvalue weighted by Crippen LogP contribution is 2.21. The molecule has 1 aliphatic heterocycles. The van der Waals surface area contributed by atoms with Crippen molar-refractivity contribution in [2.45, 2.75) is 39.0 Å². The van der Waals surface area contributed by atoms with Crippen LogP contribution < -0.4 is 5.32 Å². The maximum Gasteiger partial charge on any atom is 0.322 e. The van der Waals surface area contributed by atoms with Gasteiger partial charge in [-0.2, -0.15) is 0 Å². The van der Waals surface area contributed by atoms with Crippen molar-refractivity contribution >= 4 is 29.0 Å². The number of ether oxygens (including phenoxy) is 1. The van der Waals surface area contributed by atoms with Gasteiger partial charge in [-0.1, -0.05) is 30.3 Å². The van der Waals surface area contributed by atoms with Gasteiger partial charge in [0.05, 0.1) is 18.3 Å². The summed E-state index contributed by atoms with van der Waals surface area (Å²) in [5, 5.41) is 2.48. The van der Waals surface area contributed by atoms with E-state index in [1.54, 1.807) is 16.2 Å². The summed E-state index contributed by atoms with van der Waals surface area (Å²) in [6, 6.07) is 16.0. The molecule has 1 aromatic heterocycles. The molecule has 0 bridgehead atoms. The van der Waals surface area contributed by atoms with Crippen molar-refractivity contribution in [1.82, 2.24) is 9.80 Å². The van der Waals surface area contributed by atoms with Gasteiger partial charge in [-0.3, -0.25) is 4.79 Å². The van der Waals surface area contributed by atoms with Crippen LogP contribution in [0.25, 0.3) is 0 Å². The number of hydrogen-bond donors (Lipinski definition) is 1. The molecule has 1 atom stereocenters. The molecular weight excluding hydrogens is 484 g/mol. The average Bonchev–Trinajstić information content (AvgIpc) is 3.52. The lowest BCUT2D eigenvalue weighted by molar-refractivity contribution is -0.133. The maximum absolute atomic E-state index is 14.2. The number of benzene rings is 2. The van der Waals surface area contributed by atoms with Crippen molar-refractivity contribution in [3.8, 4) is 0 Å². The highest BCUT2D eigenvalue weighted by Gasteiger charge is 2.27. The Kier molecular flexibility index (Phi) is 8.66. The van der Waals surface area contributed by atoms with Gasteiger partial charge in [0, 0.05) is 35.5 Å². The Labute approximate surface area is 213 Å². The van der Waals surface area contributed by atoms with Crippen LogP contribution in [0.3, 0.4) is 0 Å². The van der Waals surface area contributed by atoms with Crippen LogP contribution in [-0.2, 0) is 22.6 Å². The molecule has 6 nitrogen and oxygen atoms in total. The van der Waals surface area contributed by atoms with Crippen LogP contribution in [0.5, 0.6) is 0 Å². The van der Waals surface area contributed by atoms with Gasteiger partial charge in [-0.25, -0.2) is 13.6 Å². The number of nitrogens with one attached hydrogen (secondary N) is 1. The number of halogens is 2. The van der Waals surface area contributed by atoms with Gasteiger partial charge < -0.3 is 19.9 Å². The van der Waals surface area contributed by atoms with Crippen LogP contribution in [0.2, 0.25) is 0 Å². The number of hydrogen-bond acceptors (Lipinski definition) is 4. The Morgan fingerprint density at radius 1 is 1.06 bits per heavy atom. The van der Waals surface area contributed by atoms with Crippen LogP contribution in [-0.4, -0.2) is 47.5 Å². The Balaban J connectivity index is 1.52. The quantitative estimate of drug-likeness (QED) is 0.407. The molecule has 0 aliphatic carbocycles. The van der Waals surface area contributed by atoms with Gasteiger partial charge in [-0.15, -0.1) is 11.3 Å². The van der Waals surface area contributed by atoms with E-state index >= 15 is 0 Å². The minimum Gasteiger partial charge on any atom is -0.376 e. The van der Waals surface area contributed by atoms with E-state index in [1.165, 1.54) is 4.90 Å². The SMILES string of the molecule is Cc1ccc(CN(Cc2ccccc2)C(=O)CN(C[C@@H]2CCCO2)C(=O)Nc2ccc(F)cc2F)s1. The fraction of sp³-hybridized carbons (Fsp3) is 0.333. The molecule has 0 saturated carbocycles. The minimum atomic E-state index is -0.884. The van der Waals surface area contributed by atoms with Crippen molar-refractivity contribution in [1.29, 1.82) is 0 Å². The van der Waals surface area contributed by atoms with E-state index in [0.29, 0.717) is 25.8 Å². The van der Waals surface area contributed by atoms with Gasteiger partial charge >= 0.3 is 6.03 Å². The minimum absolute atomic E-state index is 0.151. The van der Waals surface area contributed by atoms with Crippen molar-refractivity contribution in [3.05, 3.63) is 87.6 Å². The highest BCUT2D eigenvalue weighted by atomic mass is 32.1. The second-order valence-corrected chi connectivity index (χ2v) is 10.2. The molecule has 0 radical (unpaired) electrons. The number of thiophene rings is 1. The number of rotatable bonds is 9. The summed E-state index contributed by atoms with van der Waals surface area (Å²) in [6.07, 6.45) is 1.44. The zero-order valence-electron chi connectivity index (χ0n) is 20.1. The fourth-order valence-electron chi connectivity index (χ4n) is 4.10. The Bertz CT molecular complexity index is 1180. The molecule has 1 aliphatic rings. The first-order valence-corrected chi connectivity index (χ1v) is 12.7. The van der Waals surface area contributed by atoms with Gasteiger partial charge in [0.2, 0.25) is 5.91 Å². The van der Waals surface area contributed by atoms with E-state index in [-0.39, 0.29) is 30.8 Å². The van der Waals surface area contributed by atoms with Gasteiger partial charge in [0.1, 0.15) is 18.2 Å². The Morgan fingerprint density at radius 3 is 2.53 bits per heavy atom. The lowest BCUT2D eigenvalue weighted by Gasteiger charge is -2.29. The second-order valence-electron chi connectivity index (χ2n) is 8.82. The lowest BCUT2D eigenvalue weighted by Crippen LogP contribution is -2.46. The maximum atomic E-state index is 14.2. The molecule has 1 fully saturated rings. The smallest absolute Gasteiger partial charge is 0.322 e. The Hall–Kier alpha value is -3.30. The fourth-order valence-corrected chi connectivity index (χ4v) is 5.00. The molecule has 0 unspecified atom stereocenters. The van der Waals surface area contributed by atoms with E-state index in [9.17, 15) is 18.4 Å². The number of nitrogens with zero attached hydrogens (tertiary/aromatic N) is 2. The van der Waals surface area contributed by atoms with E-state index in [1.807, 2.05) is 49.4 Å². The summed E-state index contributed by atoms with van der Waals surface area (Å²) >= 11 is 1.62. The van der Waals surface area contributed by atoms with Crippen molar-refractivity contribution in [3.63, 3.8) is 0 Å². The first kappa shape index (κ1) is 25.8. The van der Waals surface area contributed by atoms with Crippen LogP contribution in [0.1, 0.15) is 28.2 Å². The number of carbonyl (C=O) groups is 2. The highest BCUT2D eigenvalue weighted by molar-refractivity contribution is 7.11. The normalized spacial score (nSPS) is 15.0. The summed E-state index contributed by atoms with van der Waals surface area (Å²) in [5.74, 6) is -1.86. The monoisotopic (exact) mass is 513 g/mol. The predicted molar refractivity (Wildman–Crippen MR) is 136 cm³/mol. The van der Waals surface area contributed by atoms with Gasteiger partial charge in [-0.05, 0) is 49.6 Å². The molecule has 2 heterocycles. The van der Waals surface area contributed by atoms with Gasteiger partial charge in [0.15, 0.2) is 0 Å². The van der Waals surface area contributed by atoms with Crippen LogP contribution in [0.15, 0.2) is 60.7 Å². The third-order valence-corrected chi connectivity index (χ3v) is 6.93. The summed E-state index contributed by atoms with van der Waals surface area (Å²) in [6.45, 7) is 3.40. The predicted octanol–water partition coefficient (Wildman–Crippen LogP) is 5.58. The van der Waals surface area contributed by atoms with Crippen LogP contribution in [0.4, 0.5) is 19.3 Å². The third-order valence-electron chi connectivity index (χ3n) is 5.95. The molecule has 1 saturated heterocycles. The topological polar surface area (TPSA) is 61.9 Å². The standard InChI is InChI=1S/C27H29F2N3O3S/c1-19-9-11-23(36-19)17-31(15-20-6-3-2-4-7-20)26(33)18-32(16-22-8-5-13-35-22)27(34)30-25-12-10-21(28)14-24(25)29/h2-4,6-7,9-12,14,22H,5,8,13,15-18H2,1H3,(H,30,34)/t22-/m0/s1. The van der Waals surface area contributed by atoms with Crippen molar-refractivity contribution in [2.24, 2.45) is 0 Å². The number of anilines is 1. The van der Waals surface area contributed by atoms with Crippen molar-refractivity contribution < 1.29 is 23.1 Å². The van der Waals surface area contributed by atoms with Crippen LogP contribution >= 0.6 is 11.3 Å². The zero-order valence-corrected chi connectivity index (χ0v) is 20.9. The molecule has 36 heavy (non-hydrogen) atoms. The molecule has 2 aromatic carbocycles. The number of amides is 3. The average molecular weight is 514 g/mol. The first-order valence-electron chi connectivity index (χ1n) is 11.9. The summed E-state index contributed by atoms with van der Waals surface area (Å²) < 4.78 is 33.2. The summed E-state index contributed by atoms with van der Waals surface area (Å²) in [4.78, 5) is 32.0. The van der Waals surface area contributed by atoms with Crippen LogP contribution in [0, 0.1) is 18.6 Å². The van der Waals surface area contributed by atoms with E-state index < -0.39 is 17.7 Å². The molecule has 0 spiro atoms. The third kappa shape index (κ3) is 7.11. The molecule has 4 rings (SSSR count). The molecule has 9 heteroatoms. The van der Waals surface area contributed by atoms with E-state index in [4.69, 9.17) is 4.74 Å². The molecule has 3 aromatic rings. The molecule has 1 N–H and O–H groups in total. The van der Waals surface area contributed by atoms with Crippen molar-refractivity contribution in [2.75, 3.05) is 25.0 Å². The number of urea groups is 1. The largest absolute Gasteiger partial charge is 0.376 e. The first-order chi connectivity index (χ1) is 17.4. The Morgan fingerprint density at radius 2 is 1.86 bits per heavy atom.